The molecule has 2 rings (SSSR count). The van der Waals surface area contributed by atoms with Gasteiger partial charge in [0.2, 0.25) is 0 Å². The zero-order chi connectivity index (χ0) is 13.1. The lowest BCUT2D eigenvalue weighted by atomic mass is 10.1. The lowest BCUT2D eigenvalue weighted by molar-refractivity contribution is 0.0690. The predicted octanol–water partition coefficient (Wildman–Crippen LogP) is 1.47. The molecule has 0 spiro atoms. The van der Waals surface area contributed by atoms with Crippen LogP contribution in [0.5, 0.6) is 0 Å². The van der Waals surface area contributed by atoms with E-state index in [1.165, 1.54) is 10.9 Å². The average Bonchev–Trinajstić information content (AvgIpc) is 2.78. The lowest BCUT2D eigenvalue weighted by Gasteiger charge is -2.10. The summed E-state index contributed by atoms with van der Waals surface area (Å²) in [5.74, 6) is -1.14. The van der Waals surface area contributed by atoms with Crippen molar-refractivity contribution in [3.8, 4) is 0 Å². The van der Waals surface area contributed by atoms with Crippen molar-refractivity contribution in [1.82, 2.24) is 15.0 Å². The molecule has 1 atom stereocenters. The van der Waals surface area contributed by atoms with E-state index < -0.39 is 12.1 Å². The Kier molecular flexibility index (Phi) is 3.73. The largest absolute Gasteiger partial charge is 0.476 e. The number of aromatic carboxylic acids is 1. The van der Waals surface area contributed by atoms with Crippen LogP contribution in [0, 0.1) is 0 Å². The number of aromatic nitrogens is 3. The molecule has 1 aromatic carbocycles. The van der Waals surface area contributed by atoms with Crippen LogP contribution < -0.4 is 0 Å². The maximum atomic E-state index is 10.6. The van der Waals surface area contributed by atoms with Crippen molar-refractivity contribution in [2.24, 2.45) is 0 Å². The average molecular weight is 312 g/mol. The Balaban J connectivity index is 2.08. The van der Waals surface area contributed by atoms with Crippen LogP contribution in [0.1, 0.15) is 22.2 Å². The van der Waals surface area contributed by atoms with Crippen molar-refractivity contribution in [3.05, 3.63) is 46.2 Å². The lowest BCUT2D eigenvalue weighted by Crippen LogP contribution is -2.09. The highest BCUT2D eigenvalue weighted by atomic mass is 79.9. The Morgan fingerprint density at radius 2 is 2.06 bits per heavy atom. The van der Waals surface area contributed by atoms with Crippen LogP contribution in [0.3, 0.4) is 0 Å². The van der Waals surface area contributed by atoms with Crippen LogP contribution >= 0.6 is 15.9 Å². The second-order valence-electron chi connectivity index (χ2n) is 3.70. The van der Waals surface area contributed by atoms with Gasteiger partial charge in [0, 0.05) is 4.47 Å². The monoisotopic (exact) mass is 311 g/mol. The first kappa shape index (κ1) is 12.7. The van der Waals surface area contributed by atoms with Gasteiger partial charge in [-0.25, -0.2) is 9.48 Å². The SMILES string of the molecule is O=C(O)c1cn(CC(O)c2ccc(Br)cc2)nn1. The van der Waals surface area contributed by atoms with Gasteiger partial charge in [0.1, 0.15) is 0 Å². The van der Waals surface area contributed by atoms with Crippen molar-refractivity contribution < 1.29 is 15.0 Å². The zero-order valence-electron chi connectivity index (χ0n) is 9.19. The number of nitrogens with zero attached hydrogens (tertiary/aromatic N) is 3. The van der Waals surface area contributed by atoms with E-state index in [4.69, 9.17) is 5.11 Å². The quantitative estimate of drug-likeness (QED) is 0.892. The van der Waals surface area contributed by atoms with Crippen LogP contribution in [-0.2, 0) is 6.54 Å². The summed E-state index contributed by atoms with van der Waals surface area (Å²) >= 11 is 3.31. The second kappa shape index (κ2) is 5.28. The van der Waals surface area contributed by atoms with Crippen LogP contribution in [0.25, 0.3) is 0 Å². The van der Waals surface area contributed by atoms with Gasteiger partial charge in [-0.3, -0.25) is 0 Å². The van der Waals surface area contributed by atoms with Crippen LogP contribution in [-0.4, -0.2) is 31.2 Å². The van der Waals surface area contributed by atoms with Crippen molar-refractivity contribution in [2.45, 2.75) is 12.6 Å². The van der Waals surface area contributed by atoms with Crippen molar-refractivity contribution >= 4 is 21.9 Å². The van der Waals surface area contributed by atoms with Gasteiger partial charge >= 0.3 is 5.97 Å². The third-order valence-corrected chi connectivity index (χ3v) is 2.90. The summed E-state index contributed by atoms with van der Waals surface area (Å²) in [5, 5.41) is 25.8. The second-order valence-corrected chi connectivity index (χ2v) is 4.61. The molecule has 1 heterocycles. The number of aliphatic hydroxyl groups is 1. The number of hydrogen-bond acceptors (Lipinski definition) is 4. The van der Waals surface area contributed by atoms with Crippen LogP contribution in [0.2, 0.25) is 0 Å². The van der Waals surface area contributed by atoms with Gasteiger partial charge < -0.3 is 10.2 Å². The van der Waals surface area contributed by atoms with E-state index in [1.54, 1.807) is 12.1 Å². The third kappa shape index (κ3) is 2.93. The van der Waals surface area contributed by atoms with E-state index in [2.05, 4.69) is 26.2 Å². The number of aliphatic hydroxyl groups excluding tert-OH is 1. The van der Waals surface area contributed by atoms with E-state index in [-0.39, 0.29) is 12.2 Å². The Bertz CT molecular complexity index is 553. The molecule has 2 N–H and O–H groups in total. The standard InChI is InChI=1S/C11H10BrN3O3/c12-8-3-1-7(2-4-8)10(16)6-15-5-9(11(17)18)13-14-15/h1-5,10,16H,6H2,(H,17,18). The van der Waals surface area contributed by atoms with Crippen LogP contribution in [0.4, 0.5) is 0 Å². The first-order chi connectivity index (χ1) is 8.56. The molecule has 94 valence electrons. The molecule has 1 unspecified atom stereocenters. The summed E-state index contributed by atoms with van der Waals surface area (Å²) in [4.78, 5) is 10.6. The van der Waals surface area contributed by atoms with Gasteiger partial charge in [-0.15, -0.1) is 5.10 Å². The highest BCUT2D eigenvalue weighted by Gasteiger charge is 2.12. The number of carboxylic acids is 1. The Morgan fingerprint density at radius 3 is 2.61 bits per heavy atom. The minimum absolute atomic E-state index is 0.141. The number of carbonyl (C=O) groups is 1. The molecule has 0 fully saturated rings. The van der Waals surface area contributed by atoms with Crippen LogP contribution in [0.15, 0.2) is 34.9 Å². The Morgan fingerprint density at radius 1 is 1.39 bits per heavy atom. The molecule has 7 heteroatoms. The molecule has 6 nitrogen and oxygen atoms in total. The number of halogens is 1. The molecule has 0 aliphatic carbocycles. The normalized spacial score (nSPS) is 12.3. The van der Waals surface area contributed by atoms with Crippen molar-refractivity contribution in [1.29, 1.82) is 0 Å². The number of carboxylic acid groups (broad SMARTS) is 1. The fraction of sp³-hybridized carbons (Fsp3) is 0.182. The molecule has 0 saturated carbocycles. The first-order valence-electron chi connectivity index (χ1n) is 5.13. The molecule has 0 bridgehead atoms. The van der Waals surface area contributed by atoms with Gasteiger partial charge in [0.05, 0.1) is 18.8 Å². The van der Waals surface area contributed by atoms with Gasteiger partial charge in [-0.1, -0.05) is 33.3 Å². The molecule has 0 amide bonds. The third-order valence-electron chi connectivity index (χ3n) is 2.37. The van der Waals surface area contributed by atoms with Gasteiger partial charge in [-0.05, 0) is 17.7 Å². The first-order valence-corrected chi connectivity index (χ1v) is 5.92. The summed E-state index contributed by atoms with van der Waals surface area (Å²) in [6.45, 7) is 0.155. The molecule has 0 saturated heterocycles. The number of benzene rings is 1. The number of rotatable bonds is 4. The maximum Gasteiger partial charge on any atom is 0.358 e. The van der Waals surface area contributed by atoms with Gasteiger partial charge in [-0.2, -0.15) is 0 Å². The highest BCUT2D eigenvalue weighted by molar-refractivity contribution is 9.10. The Labute approximate surface area is 111 Å². The summed E-state index contributed by atoms with van der Waals surface area (Å²) < 4.78 is 2.23. The Hall–Kier alpha value is -1.73. The highest BCUT2D eigenvalue weighted by Crippen LogP contribution is 2.18. The smallest absolute Gasteiger partial charge is 0.358 e. The fourth-order valence-corrected chi connectivity index (χ4v) is 1.72. The molecular formula is C11H10BrN3O3. The van der Waals surface area contributed by atoms with Gasteiger partial charge in [0.25, 0.3) is 0 Å². The zero-order valence-corrected chi connectivity index (χ0v) is 10.8. The minimum Gasteiger partial charge on any atom is -0.476 e. The maximum absolute atomic E-state index is 10.6. The summed E-state index contributed by atoms with van der Waals surface area (Å²) in [5.41, 5.74) is 0.587. The minimum atomic E-state index is -1.14. The topological polar surface area (TPSA) is 88.2 Å². The molecule has 0 aliphatic heterocycles. The molecule has 18 heavy (non-hydrogen) atoms. The fourth-order valence-electron chi connectivity index (χ4n) is 1.45. The summed E-state index contributed by atoms with van der Waals surface area (Å²) in [6.07, 6.45) is 0.520. The van der Waals surface area contributed by atoms with E-state index in [0.29, 0.717) is 0 Å². The van der Waals surface area contributed by atoms with E-state index in [1.807, 2.05) is 12.1 Å². The summed E-state index contributed by atoms with van der Waals surface area (Å²) in [7, 11) is 0. The van der Waals surface area contributed by atoms with E-state index in [9.17, 15) is 9.90 Å². The molecule has 0 radical (unpaired) electrons. The molecule has 0 aliphatic rings. The van der Waals surface area contributed by atoms with E-state index in [0.717, 1.165) is 10.0 Å². The van der Waals surface area contributed by atoms with Crippen molar-refractivity contribution in [2.75, 3.05) is 0 Å². The molecule has 1 aromatic heterocycles. The number of hydrogen-bond donors (Lipinski definition) is 2. The molecule has 2 aromatic rings. The van der Waals surface area contributed by atoms with E-state index >= 15 is 0 Å². The summed E-state index contributed by atoms with van der Waals surface area (Å²) in [6, 6.07) is 7.21. The molecular weight excluding hydrogens is 302 g/mol. The van der Waals surface area contributed by atoms with Gasteiger partial charge in [0.15, 0.2) is 5.69 Å². The predicted molar refractivity (Wildman–Crippen MR) is 66.1 cm³/mol. The van der Waals surface area contributed by atoms with Crippen molar-refractivity contribution in [3.63, 3.8) is 0 Å².